The van der Waals surface area contributed by atoms with E-state index in [4.69, 9.17) is 0 Å². The molecule has 0 bridgehead atoms. The summed E-state index contributed by atoms with van der Waals surface area (Å²) in [5, 5.41) is 7.62. The van der Waals surface area contributed by atoms with Gasteiger partial charge >= 0.3 is 0 Å². The third kappa shape index (κ3) is 5.13. The van der Waals surface area contributed by atoms with Crippen LogP contribution in [-0.4, -0.2) is 47.5 Å². The maximum Gasteiger partial charge on any atom is 0.244 e. The Morgan fingerprint density at radius 3 is 2.29 bits per heavy atom. The van der Waals surface area contributed by atoms with Crippen LogP contribution in [0.2, 0.25) is 0 Å². The predicted molar refractivity (Wildman–Crippen MR) is 133 cm³/mol. The summed E-state index contributed by atoms with van der Waals surface area (Å²) >= 11 is 0. The standard InChI is InChI=1S/C26H30N4O3S/c1-19-9-11-24(12-10-19)34(32,33)29-17-15-22(16-18-29)27-26(31)14-13-25-20(2)28-30(21(25)3)23-7-5-4-6-8-23/h4-14,22H,15-18H2,1-3H3,(H,27,31)/b14-13+. The number of nitrogens with one attached hydrogen (secondary N) is 1. The van der Waals surface area contributed by atoms with Crippen LogP contribution in [0.1, 0.15) is 35.4 Å². The zero-order valence-corrected chi connectivity index (χ0v) is 20.5. The molecule has 1 fully saturated rings. The minimum absolute atomic E-state index is 0.0594. The number of carbonyl (C=O) groups excluding carboxylic acids is 1. The molecule has 1 aliphatic rings. The molecule has 1 N–H and O–H groups in total. The van der Waals surface area contributed by atoms with Crippen molar-refractivity contribution in [1.29, 1.82) is 0 Å². The second-order valence-electron chi connectivity index (χ2n) is 8.67. The first-order chi connectivity index (χ1) is 16.3. The van der Waals surface area contributed by atoms with E-state index in [1.165, 1.54) is 10.4 Å². The van der Waals surface area contributed by atoms with Crippen molar-refractivity contribution in [3.8, 4) is 5.69 Å². The second kappa shape index (κ2) is 9.95. The lowest BCUT2D eigenvalue weighted by Gasteiger charge is -2.31. The molecular formula is C26H30N4O3S. The highest BCUT2D eigenvalue weighted by Crippen LogP contribution is 2.22. The number of sulfonamides is 1. The van der Waals surface area contributed by atoms with E-state index in [9.17, 15) is 13.2 Å². The van der Waals surface area contributed by atoms with Gasteiger partial charge in [-0.1, -0.05) is 35.9 Å². The molecule has 1 saturated heterocycles. The van der Waals surface area contributed by atoms with Crippen LogP contribution in [0.15, 0.2) is 65.6 Å². The quantitative estimate of drug-likeness (QED) is 0.547. The van der Waals surface area contributed by atoms with Gasteiger partial charge in [-0.05, 0) is 64.0 Å². The third-order valence-electron chi connectivity index (χ3n) is 6.21. The monoisotopic (exact) mass is 478 g/mol. The van der Waals surface area contributed by atoms with Crippen LogP contribution in [0.3, 0.4) is 0 Å². The number of piperidine rings is 1. The van der Waals surface area contributed by atoms with E-state index in [0.717, 1.165) is 28.2 Å². The first kappa shape index (κ1) is 23.9. The Balaban J connectivity index is 1.35. The molecule has 0 saturated carbocycles. The SMILES string of the molecule is Cc1ccc(S(=O)(=O)N2CCC(NC(=O)/C=C/c3c(C)nn(-c4ccccc4)c3C)CC2)cc1. The van der Waals surface area contributed by atoms with Gasteiger partial charge in [0, 0.05) is 36.5 Å². The molecule has 1 amide bonds. The summed E-state index contributed by atoms with van der Waals surface area (Å²) in [6, 6.07) is 16.7. The summed E-state index contributed by atoms with van der Waals surface area (Å²) in [6.07, 6.45) is 4.48. The molecule has 1 aromatic heterocycles. The summed E-state index contributed by atoms with van der Waals surface area (Å²) in [6.45, 7) is 6.60. The van der Waals surface area contributed by atoms with Gasteiger partial charge in [-0.3, -0.25) is 4.79 Å². The molecule has 2 aromatic carbocycles. The van der Waals surface area contributed by atoms with Crippen LogP contribution in [0.4, 0.5) is 0 Å². The van der Waals surface area contributed by atoms with E-state index in [2.05, 4.69) is 10.4 Å². The Bertz CT molecular complexity index is 1290. The number of hydrogen-bond donors (Lipinski definition) is 1. The lowest BCUT2D eigenvalue weighted by molar-refractivity contribution is -0.117. The molecule has 4 rings (SSSR count). The summed E-state index contributed by atoms with van der Waals surface area (Å²) < 4.78 is 29.1. The van der Waals surface area contributed by atoms with Gasteiger partial charge in [0.15, 0.2) is 0 Å². The normalized spacial score (nSPS) is 15.6. The van der Waals surface area contributed by atoms with Crippen molar-refractivity contribution in [3.63, 3.8) is 0 Å². The first-order valence-electron chi connectivity index (χ1n) is 11.4. The van der Waals surface area contributed by atoms with Gasteiger partial charge in [0.05, 0.1) is 16.3 Å². The van der Waals surface area contributed by atoms with E-state index in [0.29, 0.717) is 30.8 Å². The molecular weight excluding hydrogens is 448 g/mol. The highest BCUT2D eigenvalue weighted by Gasteiger charge is 2.29. The summed E-state index contributed by atoms with van der Waals surface area (Å²) in [4.78, 5) is 12.9. The van der Waals surface area contributed by atoms with Crippen LogP contribution in [0, 0.1) is 20.8 Å². The van der Waals surface area contributed by atoms with Crippen molar-refractivity contribution in [2.75, 3.05) is 13.1 Å². The van der Waals surface area contributed by atoms with Gasteiger partial charge < -0.3 is 5.32 Å². The lowest BCUT2D eigenvalue weighted by Crippen LogP contribution is -2.46. The van der Waals surface area contributed by atoms with E-state index >= 15 is 0 Å². The number of nitrogens with zero attached hydrogens (tertiary/aromatic N) is 3. The Kier molecular flexibility index (Phi) is 7.00. The van der Waals surface area contributed by atoms with Crippen molar-refractivity contribution in [3.05, 3.63) is 83.2 Å². The fourth-order valence-electron chi connectivity index (χ4n) is 4.22. The molecule has 2 heterocycles. The average molecular weight is 479 g/mol. The van der Waals surface area contributed by atoms with Gasteiger partial charge in [-0.15, -0.1) is 0 Å². The van der Waals surface area contributed by atoms with E-state index < -0.39 is 10.0 Å². The fraction of sp³-hybridized carbons (Fsp3) is 0.308. The van der Waals surface area contributed by atoms with Crippen molar-refractivity contribution >= 4 is 22.0 Å². The number of hydrogen-bond acceptors (Lipinski definition) is 4. The maximum atomic E-state index is 12.9. The van der Waals surface area contributed by atoms with E-state index in [1.54, 1.807) is 30.3 Å². The first-order valence-corrected chi connectivity index (χ1v) is 12.9. The highest BCUT2D eigenvalue weighted by atomic mass is 32.2. The Labute approximate surface area is 201 Å². The molecule has 0 spiro atoms. The molecule has 1 aliphatic heterocycles. The molecule has 0 aliphatic carbocycles. The predicted octanol–water partition coefficient (Wildman–Crippen LogP) is 3.78. The topological polar surface area (TPSA) is 84.3 Å². The van der Waals surface area contributed by atoms with Crippen LogP contribution in [0.5, 0.6) is 0 Å². The fourth-order valence-corrected chi connectivity index (χ4v) is 5.69. The summed E-state index contributed by atoms with van der Waals surface area (Å²) in [7, 11) is -3.51. The maximum absolute atomic E-state index is 12.9. The van der Waals surface area contributed by atoms with E-state index in [-0.39, 0.29) is 11.9 Å². The molecule has 0 unspecified atom stereocenters. The molecule has 8 heteroatoms. The van der Waals surface area contributed by atoms with Gasteiger partial charge in [0.1, 0.15) is 0 Å². The minimum Gasteiger partial charge on any atom is -0.350 e. The number of para-hydroxylation sites is 1. The third-order valence-corrected chi connectivity index (χ3v) is 8.12. The van der Waals surface area contributed by atoms with Crippen molar-refractivity contribution < 1.29 is 13.2 Å². The molecule has 7 nitrogen and oxygen atoms in total. The Morgan fingerprint density at radius 2 is 1.65 bits per heavy atom. The molecule has 34 heavy (non-hydrogen) atoms. The highest BCUT2D eigenvalue weighted by molar-refractivity contribution is 7.89. The second-order valence-corrected chi connectivity index (χ2v) is 10.6. The number of carbonyl (C=O) groups is 1. The smallest absolute Gasteiger partial charge is 0.244 e. The van der Waals surface area contributed by atoms with Gasteiger partial charge in [-0.2, -0.15) is 9.40 Å². The minimum atomic E-state index is -3.51. The van der Waals surface area contributed by atoms with Gasteiger partial charge in [0.25, 0.3) is 0 Å². The Hall–Kier alpha value is -3.23. The average Bonchev–Trinajstić information content (AvgIpc) is 3.12. The van der Waals surface area contributed by atoms with Crippen molar-refractivity contribution in [2.45, 2.75) is 44.6 Å². The number of rotatable bonds is 6. The lowest BCUT2D eigenvalue weighted by atomic mass is 10.1. The molecule has 3 aromatic rings. The van der Waals surface area contributed by atoms with Gasteiger partial charge in [0.2, 0.25) is 15.9 Å². The van der Waals surface area contributed by atoms with Crippen molar-refractivity contribution in [1.82, 2.24) is 19.4 Å². The van der Waals surface area contributed by atoms with Crippen LogP contribution >= 0.6 is 0 Å². The van der Waals surface area contributed by atoms with Crippen LogP contribution < -0.4 is 5.32 Å². The molecule has 178 valence electrons. The molecule has 0 atom stereocenters. The van der Waals surface area contributed by atoms with Crippen LogP contribution in [-0.2, 0) is 14.8 Å². The van der Waals surface area contributed by atoms with E-state index in [1.807, 2.05) is 55.8 Å². The zero-order valence-electron chi connectivity index (χ0n) is 19.7. The number of amides is 1. The van der Waals surface area contributed by atoms with Gasteiger partial charge in [-0.25, -0.2) is 13.1 Å². The van der Waals surface area contributed by atoms with Crippen LogP contribution in [0.25, 0.3) is 11.8 Å². The number of benzene rings is 2. The zero-order chi connectivity index (χ0) is 24.3. The summed E-state index contributed by atoms with van der Waals surface area (Å²) in [5.74, 6) is -0.189. The van der Waals surface area contributed by atoms with Crippen molar-refractivity contribution in [2.24, 2.45) is 0 Å². The molecule has 0 radical (unpaired) electrons. The summed E-state index contributed by atoms with van der Waals surface area (Å²) in [5.41, 5.74) is 4.71. The number of aryl methyl sites for hydroxylation is 2. The Morgan fingerprint density at radius 1 is 1.00 bits per heavy atom. The largest absolute Gasteiger partial charge is 0.350 e. The number of aromatic nitrogens is 2.